The lowest BCUT2D eigenvalue weighted by molar-refractivity contribution is 0.0936. The fraction of sp³-hybridized carbons (Fsp3) is 0.375. The molecule has 0 saturated carbocycles. The molecule has 114 valence electrons. The third-order valence-corrected chi connectivity index (χ3v) is 3.48. The van der Waals surface area contributed by atoms with Crippen molar-refractivity contribution in [3.8, 4) is 24.3 Å². The summed E-state index contributed by atoms with van der Waals surface area (Å²) in [7, 11) is 0. The highest BCUT2D eigenvalue weighted by Gasteiger charge is 2.44. The first-order valence-electron chi connectivity index (χ1n) is 6.53. The van der Waals surface area contributed by atoms with E-state index < -0.39 is 23.5 Å². The minimum absolute atomic E-state index is 0.0143. The predicted molar refractivity (Wildman–Crippen MR) is 75.5 cm³/mol. The summed E-state index contributed by atoms with van der Waals surface area (Å²) < 4.78 is 5.29. The van der Waals surface area contributed by atoms with E-state index in [2.05, 4.69) is 0 Å². The molecule has 23 heavy (non-hydrogen) atoms. The van der Waals surface area contributed by atoms with Crippen LogP contribution in [0.5, 0.6) is 0 Å². The Hall–Kier alpha value is -3.42. The summed E-state index contributed by atoms with van der Waals surface area (Å²) in [6, 6.07) is 6.32. The van der Waals surface area contributed by atoms with E-state index in [4.69, 9.17) is 14.9 Å². The summed E-state index contributed by atoms with van der Waals surface area (Å²) in [5, 5.41) is 36.4. The van der Waals surface area contributed by atoms with E-state index in [1.165, 1.54) is 20.8 Å². The Balaban J connectivity index is 3.42. The number of carbonyl (C=O) groups is 2. The second kappa shape index (κ2) is 6.56. The molecule has 0 bridgehead atoms. The Morgan fingerprint density at radius 2 is 1.52 bits per heavy atom. The van der Waals surface area contributed by atoms with Gasteiger partial charge in [-0.2, -0.15) is 21.0 Å². The summed E-state index contributed by atoms with van der Waals surface area (Å²) in [6.07, 6.45) is -0.675. The lowest BCUT2D eigenvalue weighted by Crippen LogP contribution is -2.29. The molecule has 0 saturated heterocycles. The number of carbonyl (C=O) groups excluding carboxylic acids is 2. The molecule has 0 fully saturated rings. The van der Waals surface area contributed by atoms with E-state index in [-0.39, 0.29) is 28.4 Å². The second-order valence-corrected chi connectivity index (χ2v) is 5.01. The van der Waals surface area contributed by atoms with Gasteiger partial charge < -0.3 is 4.42 Å². The number of nitrogens with zero attached hydrogens (tertiary/aromatic N) is 4. The summed E-state index contributed by atoms with van der Waals surface area (Å²) in [5.74, 6) is -2.22. The van der Waals surface area contributed by atoms with Crippen LogP contribution in [0.15, 0.2) is 4.42 Å². The number of nitriles is 4. The van der Waals surface area contributed by atoms with Gasteiger partial charge in [-0.15, -0.1) is 0 Å². The molecule has 0 aliphatic heterocycles. The Kier molecular flexibility index (Phi) is 5.03. The second-order valence-electron chi connectivity index (χ2n) is 5.01. The quantitative estimate of drug-likeness (QED) is 0.759. The number of Topliss-reactive ketones (excluding diaryl/α,β-unsaturated/α-hetero) is 2. The number of aryl methyl sites for hydroxylation is 2. The van der Waals surface area contributed by atoms with Gasteiger partial charge in [-0.1, -0.05) is 0 Å². The highest BCUT2D eigenvalue weighted by Crippen LogP contribution is 2.34. The summed E-state index contributed by atoms with van der Waals surface area (Å²) >= 11 is 0. The molecule has 1 aromatic heterocycles. The molecule has 0 atom stereocenters. The van der Waals surface area contributed by atoms with Crippen molar-refractivity contribution in [3.63, 3.8) is 0 Å². The van der Waals surface area contributed by atoms with Crippen molar-refractivity contribution in [2.75, 3.05) is 0 Å². The first-order valence-corrected chi connectivity index (χ1v) is 6.53. The fourth-order valence-electron chi connectivity index (χ4n) is 2.37. The largest absolute Gasteiger partial charge is 0.465 e. The molecule has 0 N–H and O–H groups in total. The van der Waals surface area contributed by atoms with E-state index in [1.54, 1.807) is 24.3 Å². The number of furan rings is 1. The van der Waals surface area contributed by atoms with Crippen molar-refractivity contribution < 1.29 is 14.0 Å². The highest BCUT2D eigenvalue weighted by molar-refractivity contribution is 6.09. The van der Waals surface area contributed by atoms with Gasteiger partial charge in [0.25, 0.3) is 0 Å². The van der Waals surface area contributed by atoms with Crippen LogP contribution in [-0.4, -0.2) is 11.6 Å². The van der Waals surface area contributed by atoms with Crippen LogP contribution in [0.1, 0.15) is 45.6 Å². The predicted octanol–water partition coefficient (Wildman–Crippen LogP) is 2.37. The average Bonchev–Trinajstić information content (AvgIpc) is 2.81. The zero-order chi connectivity index (χ0) is 17.8. The molecule has 0 unspecified atom stereocenters. The standard InChI is InChI=1S/C16H12N4O3/c1-9(21)14-10(2)23-11(3)15(14)13(22)4-16(7-19,8-20)12(5-17)6-18/h12H,4H2,1-3H3. The number of ketones is 2. The van der Waals surface area contributed by atoms with Crippen LogP contribution in [0.2, 0.25) is 0 Å². The number of hydrogen-bond acceptors (Lipinski definition) is 7. The van der Waals surface area contributed by atoms with Gasteiger partial charge in [0.05, 0.1) is 35.4 Å². The summed E-state index contributed by atoms with van der Waals surface area (Å²) in [6.45, 7) is 4.28. The summed E-state index contributed by atoms with van der Waals surface area (Å²) in [4.78, 5) is 24.2. The maximum atomic E-state index is 12.5. The Bertz CT molecular complexity index is 809. The van der Waals surface area contributed by atoms with Gasteiger partial charge in [-0.05, 0) is 20.8 Å². The van der Waals surface area contributed by atoms with Crippen LogP contribution in [0, 0.1) is 70.5 Å². The highest BCUT2D eigenvalue weighted by atomic mass is 16.3. The third kappa shape index (κ3) is 2.95. The zero-order valence-electron chi connectivity index (χ0n) is 12.8. The first kappa shape index (κ1) is 17.6. The fourth-order valence-corrected chi connectivity index (χ4v) is 2.37. The molecule has 7 nitrogen and oxygen atoms in total. The third-order valence-electron chi connectivity index (χ3n) is 3.48. The van der Waals surface area contributed by atoms with Gasteiger partial charge in [0, 0.05) is 6.42 Å². The molecule has 1 heterocycles. The van der Waals surface area contributed by atoms with Crippen molar-refractivity contribution in [2.45, 2.75) is 27.2 Å². The summed E-state index contributed by atoms with van der Waals surface area (Å²) in [5.41, 5.74) is -2.03. The first-order chi connectivity index (χ1) is 10.8. The molecular weight excluding hydrogens is 296 g/mol. The topological polar surface area (TPSA) is 142 Å². The van der Waals surface area contributed by atoms with Gasteiger partial charge >= 0.3 is 0 Å². The monoisotopic (exact) mass is 308 g/mol. The Morgan fingerprint density at radius 3 is 1.91 bits per heavy atom. The van der Waals surface area contributed by atoms with Crippen molar-refractivity contribution in [2.24, 2.45) is 11.3 Å². The van der Waals surface area contributed by atoms with Crippen LogP contribution in [0.25, 0.3) is 0 Å². The molecule has 0 radical (unpaired) electrons. The van der Waals surface area contributed by atoms with Crippen molar-refractivity contribution in [1.82, 2.24) is 0 Å². The van der Waals surface area contributed by atoms with Crippen LogP contribution >= 0.6 is 0 Å². The van der Waals surface area contributed by atoms with Gasteiger partial charge in [0.15, 0.2) is 22.9 Å². The van der Waals surface area contributed by atoms with Crippen LogP contribution < -0.4 is 0 Å². The SMILES string of the molecule is CC(=O)c1c(C)oc(C)c1C(=O)CC(C#N)(C#N)C(C#N)C#N. The van der Waals surface area contributed by atoms with Crippen LogP contribution in [0.3, 0.4) is 0 Å². The Labute approximate surface area is 132 Å². The van der Waals surface area contributed by atoms with E-state index in [1.807, 2.05) is 0 Å². The van der Waals surface area contributed by atoms with Gasteiger partial charge in [-0.3, -0.25) is 9.59 Å². The van der Waals surface area contributed by atoms with E-state index in [0.717, 1.165) is 0 Å². The van der Waals surface area contributed by atoms with Gasteiger partial charge in [0.2, 0.25) is 0 Å². The minimum Gasteiger partial charge on any atom is -0.465 e. The molecule has 1 aromatic rings. The van der Waals surface area contributed by atoms with E-state index >= 15 is 0 Å². The van der Waals surface area contributed by atoms with Gasteiger partial charge in [-0.25, -0.2) is 0 Å². The van der Waals surface area contributed by atoms with E-state index in [0.29, 0.717) is 0 Å². The van der Waals surface area contributed by atoms with Crippen molar-refractivity contribution >= 4 is 11.6 Å². The molecule has 0 spiro atoms. The maximum Gasteiger partial charge on any atom is 0.179 e. The van der Waals surface area contributed by atoms with Crippen molar-refractivity contribution in [3.05, 3.63) is 22.6 Å². The molecule has 0 aliphatic rings. The van der Waals surface area contributed by atoms with Gasteiger partial charge in [0.1, 0.15) is 11.5 Å². The molecular formula is C16H12N4O3. The van der Waals surface area contributed by atoms with Crippen molar-refractivity contribution in [1.29, 1.82) is 21.0 Å². The lowest BCUT2D eigenvalue weighted by atomic mass is 9.74. The zero-order valence-corrected chi connectivity index (χ0v) is 12.8. The maximum absolute atomic E-state index is 12.5. The molecule has 1 rings (SSSR count). The van der Waals surface area contributed by atoms with Crippen LogP contribution in [-0.2, 0) is 0 Å². The number of hydrogen-bond donors (Lipinski definition) is 0. The minimum atomic E-state index is -2.10. The molecule has 0 aliphatic carbocycles. The van der Waals surface area contributed by atoms with Crippen LogP contribution in [0.4, 0.5) is 0 Å². The number of rotatable bonds is 5. The smallest absolute Gasteiger partial charge is 0.179 e. The lowest BCUT2D eigenvalue weighted by Gasteiger charge is -2.18. The Morgan fingerprint density at radius 1 is 1.04 bits per heavy atom. The molecule has 0 aromatic carbocycles. The van der Waals surface area contributed by atoms with E-state index in [9.17, 15) is 20.1 Å². The molecule has 7 heteroatoms. The average molecular weight is 308 g/mol. The molecule has 0 amide bonds. The normalized spacial score (nSPS) is 10.3.